The molecule has 0 aliphatic carbocycles. The van der Waals surface area contributed by atoms with E-state index in [2.05, 4.69) is 25.8 Å². The van der Waals surface area contributed by atoms with Crippen molar-refractivity contribution in [2.75, 3.05) is 38.6 Å². The molecule has 2 N–H and O–H groups in total. The van der Waals surface area contributed by atoms with Crippen LogP contribution in [0.4, 0.5) is 23.1 Å². The molecule has 29 heavy (non-hydrogen) atoms. The van der Waals surface area contributed by atoms with E-state index in [1.807, 2.05) is 31.2 Å². The zero-order valence-corrected chi connectivity index (χ0v) is 16.7. The van der Waals surface area contributed by atoms with Gasteiger partial charge in [-0.15, -0.1) is 5.10 Å². The molecule has 0 aliphatic heterocycles. The fourth-order valence-corrected chi connectivity index (χ4v) is 2.69. The van der Waals surface area contributed by atoms with Crippen LogP contribution in [0, 0.1) is 0 Å². The zero-order valence-electron chi connectivity index (χ0n) is 16.7. The molecule has 9 nitrogen and oxygen atoms in total. The van der Waals surface area contributed by atoms with E-state index in [9.17, 15) is 0 Å². The van der Waals surface area contributed by atoms with Crippen molar-refractivity contribution in [1.82, 2.24) is 15.2 Å². The molecule has 0 aliphatic rings. The number of methoxy groups -OCH3 is 3. The fourth-order valence-electron chi connectivity index (χ4n) is 2.69. The first kappa shape index (κ1) is 20.0. The Bertz CT molecular complexity index is 942. The van der Waals surface area contributed by atoms with Gasteiger partial charge in [-0.1, -0.05) is 12.1 Å². The van der Waals surface area contributed by atoms with Gasteiger partial charge in [0, 0.05) is 17.8 Å². The van der Waals surface area contributed by atoms with Crippen molar-refractivity contribution in [2.45, 2.75) is 6.92 Å². The molecule has 2 aromatic carbocycles. The summed E-state index contributed by atoms with van der Waals surface area (Å²) in [6, 6.07) is 11.1. The number of hydrogen-bond acceptors (Lipinski definition) is 9. The van der Waals surface area contributed by atoms with Gasteiger partial charge < -0.3 is 29.6 Å². The highest BCUT2D eigenvalue weighted by molar-refractivity contribution is 5.67. The van der Waals surface area contributed by atoms with E-state index < -0.39 is 0 Å². The highest BCUT2D eigenvalue weighted by atomic mass is 16.5. The molecule has 0 saturated carbocycles. The summed E-state index contributed by atoms with van der Waals surface area (Å²) in [5.74, 6) is 3.08. The van der Waals surface area contributed by atoms with Crippen molar-refractivity contribution in [1.29, 1.82) is 0 Å². The average molecular weight is 397 g/mol. The smallest absolute Gasteiger partial charge is 0.249 e. The lowest BCUT2D eigenvalue weighted by atomic mass is 10.2. The van der Waals surface area contributed by atoms with Crippen LogP contribution in [0.25, 0.3) is 0 Å². The van der Waals surface area contributed by atoms with Crippen LogP contribution in [-0.2, 0) is 0 Å². The summed E-state index contributed by atoms with van der Waals surface area (Å²) in [6.45, 7) is 2.50. The second kappa shape index (κ2) is 9.45. The summed E-state index contributed by atoms with van der Waals surface area (Å²) in [5.41, 5.74) is 1.45. The van der Waals surface area contributed by atoms with Crippen molar-refractivity contribution < 1.29 is 18.9 Å². The summed E-state index contributed by atoms with van der Waals surface area (Å²) < 4.78 is 21.7. The van der Waals surface area contributed by atoms with E-state index in [-0.39, 0.29) is 0 Å². The van der Waals surface area contributed by atoms with Crippen LogP contribution in [0.3, 0.4) is 0 Å². The molecule has 0 spiro atoms. The third-order valence-electron chi connectivity index (χ3n) is 3.93. The number of rotatable bonds is 9. The van der Waals surface area contributed by atoms with Gasteiger partial charge in [0.05, 0.1) is 39.8 Å². The Labute approximate surface area is 169 Å². The van der Waals surface area contributed by atoms with E-state index in [0.717, 1.165) is 11.4 Å². The molecule has 3 rings (SSSR count). The van der Waals surface area contributed by atoms with Gasteiger partial charge >= 0.3 is 0 Å². The molecule has 1 heterocycles. The van der Waals surface area contributed by atoms with Gasteiger partial charge in [0.2, 0.25) is 11.7 Å². The number of benzene rings is 2. The number of ether oxygens (including phenoxy) is 4. The molecule has 1 aromatic heterocycles. The lowest BCUT2D eigenvalue weighted by Crippen LogP contribution is -2.04. The summed E-state index contributed by atoms with van der Waals surface area (Å²) in [5, 5.41) is 14.3. The van der Waals surface area contributed by atoms with Crippen LogP contribution in [0.15, 0.2) is 42.6 Å². The monoisotopic (exact) mass is 397 g/mol. The number of anilines is 4. The second-order valence-corrected chi connectivity index (χ2v) is 5.76. The number of nitrogens with zero attached hydrogens (tertiary/aromatic N) is 3. The van der Waals surface area contributed by atoms with Crippen LogP contribution in [0.2, 0.25) is 0 Å². The van der Waals surface area contributed by atoms with Crippen LogP contribution in [-0.4, -0.2) is 43.1 Å². The predicted molar refractivity (Wildman–Crippen MR) is 110 cm³/mol. The lowest BCUT2D eigenvalue weighted by molar-refractivity contribution is 0.324. The lowest BCUT2D eigenvalue weighted by Gasteiger charge is -2.15. The Kier molecular flexibility index (Phi) is 6.51. The van der Waals surface area contributed by atoms with E-state index in [4.69, 9.17) is 18.9 Å². The summed E-state index contributed by atoms with van der Waals surface area (Å²) >= 11 is 0. The first-order chi connectivity index (χ1) is 14.2. The van der Waals surface area contributed by atoms with Crippen LogP contribution < -0.4 is 29.6 Å². The Hall–Kier alpha value is -3.75. The van der Waals surface area contributed by atoms with Gasteiger partial charge in [-0.05, 0) is 19.1 Å². The highest BCUT2D eigenvalue weighted by Gasteiger charge is 2.14. The fraction of sp³-hybridized carbons (Fsp3) is 0.250. The standard InChI is InChI=1S/C20H23N5O4/c1-5-29-15-9-7-6-8-14(15)23-18-12-21-25-20(24-18)22-13-10-16(26-2)19(28-4)17(11-13)27-3/h6-12H,5H2,1-4H3,(H2,22,23,24,25). The quantitative estimate of drug-likeness (QED) is 0.558. The summed E-state index contributed by atoms with van der Waals surface area (Å²) in [7, 11) is 4.66. The minimum atomic E-state index is 0.304. The van der Waals surface area contributed by atoms with Gasteiger partial charge in [-0.2, -0.15) is 10.1 Å². The second-order valence-electron chi connectivity index (χ2n) is 5.76. The third-order valence-corrected chi connectivity index (χ3v) is 3.93. The normalized spacial score (nSPS) is 10.2. The Morgan fingerprint density at radius 3 is 2.28 bits per heavy atom. The van der Waals surface area contributed by atoms with Crippen LogP contribution >= 0.6 is 0 Å². The molecule has 0 atom stereocenters. The van der Waals surface area contributed by atoms with E-state index in [0.29, 0.717) is 41.3 Å². The molecular weight excluding hydrogens is 374 g/mol. The molecule has 0 bridgehead atoms. The SMILES string of the molecule is CCOc1ccccc1Nc1cnnc(Nc2cc(OC)c(OC)c(OC)c2)n1. The van der Waals surface area contributed by atoms with E-state index >= 15 is 0 Å². The molecule has 0 saturated heterocycles. The number of aromatic nitrogens is 3. The molecule has 9 heteroatoms. The molecule has 0 radical (unpaired) electrons. The van der Waals surface area contributed by atoms with E-state index in [1.54, 1.807) is 33.5 Å². The molecule has 152 valence electrons. The van der Waals surface area contributed by atoms with Crippen LogP contribution in [0.5, 0.6) is 23.0 Å². The van der Waals surface area contributed by atoms with Gasteiger partial charge in [-0.3, -0.25) is 0 Å². The molecular formula is C20H23N5O4. The van der Waals surface area contributed by atoms with Crippen molar-refractivity contribution in [3.8, 4) is 23.0 Å². The van der Waals surface area contributed by atoms with Crippen LogP contribution in [0.1, 0.15) is 6.92 Å². The minimum Gasteiger partial charge on any atom is -0.493 e. The number of nitrogens with one attached hydrogen (secondary N) is 2. The summed E-state index contributed by atoms with van der Waals surface area (Å²) in [4.78, 5) is 4.45. The number of para-hydroxylation sites is 2. The van der Waals surface area contributed by atoms with Gasteiger partial charge in [-0.25, -0.2) is 0 Å². The molecule has 0 amide bonds. The van der Waals surface area contributed by atoms with Crippen molar-refractivity contribution in [3.63, 3.8) is 0 Å². The topological polar surface area (TPSA) is 99.7 Å². The van der Waals surface area contributed by atoms with Crippen molar-refractivity contribution >= 4 is 23.1 Å². The highest BCUT2D eigenvalue weighted by Crippen LogP contribution is 2.40. The van der Waals surface area contributed by atoms with Crippen molar-refractivity contribution in [2.24, 2.45) is 0 Å². The Balaban J connectivity index is 1.84. The maximum Gasteiger partial charge on any atom is 0.249 e. The third kappa shape index (κ3) is 4.75. The molecule has 3 aromatic rings. The number of hydrogen-bond donors (Lipinski definition) is 2. The van der Waals surface area contributed by atoms with Gasteiger partial charge in [0.1, 0.15) is 5.75 Å². The van der Waals surface area contributed by atoms with E-state index in [1.165, 1.54) is 6.20 Å². The Morgan fingerprint density at radius 1 is 0.897 bits per heavy atom. The van der Waals surface area contributed by atoms with Gasteiger partial charge in [0.15, 0.2) is 17.3 Å². The molecule has 0 unspecified atom stereocenters. The minimum absolute atomic E-state index is 0.304. The summed E-state index contributed by atoms with van der Waals surface area (Å²) in [6.07, 6.45) is 1.53. The predicted octanol–water partition coefficient (Wildman–Crippen LogP) is 3.78. The average Bonchev–Trinajstić information content (AvgIpc) is 2.75. The maximum atomic E-state index is 5.63. The molecule has 0 fully saturated rings. The first-order valence-corrected chi connectivity index (χ1v) is 8.94. The van der Waals surface area contributed by atoms with Crippen molar-refractivity contribution in [3.05, 3.63) is 42.6 Å². The largest absolute Gasteiger partial charge is 0.493 e. The first-order valence-electron chi connectivity index (χ1n) is 8.94. The Morgan fingerprint density at radius 2 is 1.62 bits per heavy atom. The maximum absolute atomic E-state index is 5.63. The van der Waals surface area contributed by atoms with Gasteiger partial charge in [0.25, 0.3) is 0 Å². The zero-order chi connectivity index (χ0) is 20.6.